The Morgan fingerprint density at radius 1 is 1.24 bits per heavy atom. The number of rotatable bonds is 9. The number of aryl methyl sites for hydroxylation is 1. The van der Waals surface area contributed by atoms with E-state index < -0.39 is 25.1 Å². The van der Waals surface area contributed by atoms with Crippen molar-refractivity contribution in [2.24, 2.45) is 0 Å². The number of hydrogen-bond acceptors (Lipinski definition) is 7. The average Bonchev–Trinajstić information content (AvgIpc) is 3.38. The van der Waals surface area contributed by atoms with Crippen molar-refractivity contribution in [2.75, 3.05) is 6.61 Å². The fraction of sp³-hybridized carbons (Fsp3) is 0.409. The third-order valence-electron chi connectivity index (χ3n) is 5.44. The molecular formula is C22H26FN4NaO4SSi. The van der Waals surface area contributed by atoms with E-state index in [1.165, 1.54) is 16.9 Å². The zero-order chi connectivity index (χ0) is 23.6. The summed E-state index contributed by atoms with van der Waals surface area (Å²) in [7, 11) is -1.28. The molecule has 2 heterocycles. The maximum atomic E-state index is 13.8. The minimum atomic E-state index is -2.62. The van der Waals surface area contributed by atoms with Gasteiger partial charge in [0.1, 0.15) is 12.5 Å². The van der Waals surface area contributed by atoms with E-state index in [-0.39, 0.29) is 47.5 Å². The van der Waals surface area contributed by atoms with E-state index in [1.54, 1.807) is 6.07 Å². The Kier molecular flexibility index (Phi) is 9.18. The molecule has 1 aliphatic rings. The second-order valence-electron chi connectivity index (χ2n) is 9.16. The Morgan fingerprint density at radius 3 is 2.74 bits per heavy atom. The summed E-state index contributed by atoms with van der Waals surface area (Å²) in [6, 6.07) is 7.92. The molecule has 1 atom stereocenters. The molecule has 0 amide bonds. The number of hydrogen-bond donors (Lipinski definition) is 0. The van der Waals surface area contributed by atoms with Crippen LogP contribution in [0.25, 0.3) is 11.1 Å². The number of benzene rings is 1. The van der Waals surface area contributed by atoms with Crippen molar-refractivity contribution in [3.63, 3.8) is 0 Å². The van der Waals surface area contributed by atoms with Crippen LogP contribution in [0.5, 0.6) is 11.8 Å². The average molecular weight is 513 g/mol. The first-order valence-corrected chi connectivity index (χ1v) is 15.6. The second kappa shape index (κ2) is 11.5. The third kappa shape index (κ3) is 6.59. The second-order valence-corrected chi connectivity index (χ2v) is 15.6. The normalized spacial score (nSPS) is 13.9. The van der Waals surface area contributed by atoms with Crippen LogP contribution in [-0.4, -0.2) is 43.2 Å². The van der Waals surface area contributed by atoms with Crippen molar-refractivity contribution >= 4 is 19.2 Å². The minimum absolute atomic E-state index is 0. The Morgan fingerprint density at radius 2 is 2.03 bits per heavy atom. The molecule has 0 N–H and O–H groups in total. The third-order valence-corrected chi connectivity index (χ3v) is 7.61. The van der Waals surface area contributed by atoms with Gasteiger partial charge in [-0.25, -0.2) is 4.98 Å². The van der Waals surface area contributed by atoms with E-state index in [1.807, 2.05) is 12.1 Å². The molecule has 4 rings (SSSR count). The van der Waals surface area contributed by atoms with Gasteiger partial charge < -0.3 is 14.0 Å². The van der Waals surface area contributed by atoms with E-state index in [0.717, 1.165) is 36.4 Å². The van der Waals surface area contributed by atoms with Crippen LogP contribution in [0.3, 0.4) is 0 Å². The molecule has 0 radical (unpaired) electrons. The Bertz CT molecular complexity index is 1190. The van der Waals surface area contributed by atoms with E-state index >= 15 is 0 Å². The number of fused-ring (bicyclic) bond motifs is 1. The molecule has 0 saturated heterocycles. The molecule has 34 heavy (non-hydrogen) atoms. The van der Waals surface area contributed by atoms with Gasteiger partial charge in [0.25, 0.3) is 0 Å². The molecule has 0 fully saturated rings. The fourth-order valence-corrected chi connectivity index (χ4v) is 4.78. The fourth-order valence-electron chi connectivity index (χ4n) is 3.71. The van der Waals surface area contributed by atoms with Crippen molar-refractivity contribution < 1.29 is 52.2 Å². The van der Waals surface area contributed by atoms with Gasteiger partial charge in [0.05, 0.1) is 0 Å². The number of nitrogens with zero attached hydrogens (tertiary/aromatic N) is 4. The van der Waals surface area contributed by atoms with Gasteiger partial charge >= 0.3 is 35.6 Å². The van der Waals surface area contributed by atoms with Gasteiger partial charge in [-0.3, -0.25) is 4.21 Å². The number of halogens is 1. The van der Waals surface area contributed by atoms with Crippen LogP contribution in [0.15, 0.2) is 35.6 Å². The number of aromatic nitrogens is 4. The van der Waals surface area contributed by atoms with E-state index in [0.29, 0.717) is 23.5 Å². The van der Waals surface area contributed by atoms with Crippen molar-refractivity contribution in [1.29, 1.82) is 0 Å². The number of ether oxygens (including phenoxy) is 2. The zero-order valence-corrected chi connectivity index (χ0v) is 23.7. The van der Waals surface area contributed by atoms with Crippen LogP contribution in [0.1, 0.15) is 17.5 Å². The predicted molar refractivity (Wildman–Crippen MR) is 123 cm³/mol. The topological polar surface area (TPSA) is 102 Å². The molecule has 0 spiro atoms. The summed E-state index contributed by atoms with van der Waals surface area (Å²) in [5.41, 5.74) is 3.44. The quantitative estimate of drug-likeness (QED) is 0.184. The molecule has 0 saturated carbocycles. The molecule has 2 aromatic heterocycles. The SMILES string of the molecule is C[Si](C)(C)CCOCn1nc(S(=O)[O-])nc1Oc1c(-c2ccnc(F)c2)ccc2c1CCC2.[Na+]. The first kappa shape index (κ1) is 27.1. The van der Waals surface area contributed by atoms with Crippen LogP contribution in [0.4, 0.5) is 4.39 Å². The molecule has 0 aliphatic heterocycles. The summed E-state index contributed by atoms with van der Waals surface area (Å²) in [6.07, 6.45) is 4.09. The summed E-state index contributed by atoms with van der Waals surface area (Å²) in [5.74, 6) is -0.0727. The standard InChI is InChI=1S/C22H27FN4O4SSi.Na/c1-33(2,3)12-11-30-14-27-22(25-21(26-27)32(28)29)31-20-17-6-4-5-15(17)7-8-18(20)16-9-10-24-19(23)13-16;/h7-10,13H,4-6,11-12,14H2,1-3H3,(H,28,29);/q;+1/p-1. The minimum Gasteiger partial charge on any atom is -0.766 e. The van der Waals surface area contributed by atoms with Crippen LogP contribution < -0.4 is 34.3 Å². The molecule has 1 unspecified atom stereocenters. The van der Waals surface area contributed by atoms with E-state index in [4.69, 9.17) is 9.47 Å². The van der Waals surface area contributed by atoms with Crippen molar-refractivity contribution in [3.05, 3.63) is 47.5 Å². The first-order valence-electron chi connectivity index (χ1n) is 10.8. The molecule has 8 nitrogen and oxygen atoms in total. The van der Waals surface area contributed by atoms with Crippen LogP contribution in [0, 0.1) is 5.95 Å². The maximum absolute atomic E-state index is 13.8. The molecule has 0 bridgehead atoms. The monoisotopic (exact) mass is 512 g/mol. The number of pyridine rings is 1. The molecule has 1 aliphatic carbocycles. The summed E-state index contributed by atoms with van der Waals surface area (Å²) >= 11 is -2.62. The predicted octanol–water partition coefficient (Wildman–Crippen LogP) is 1.31. The summed E-state index contributed by atoms with van der Waals surface area (Å²) in [6.45, 7) is 7.29. The van der Waals surface area contributed by atoms with Crippen molar-refractivity contribution in [1.82, 2.24) is 19.7 Å². The Hall–Kier alpha value is -1.47. The summed E-state index contributed by atoms with van der Waals surface area (Å²) in [5, 5.41) is 3.66. The van der Waals surface area contributed by atoms with Gasteiger partial charge in [-0.15, -0.1) is 5.10 Å². The first-order chi connectivity index (χ1) is 15.7. The molecule has 3 aromatic rings. The van der Waals surface area contributed by atoms with Crippen LogP contribution >= 0.6 is 0 Å². The smallest absolute Gasteiger partial charge is 0.766 e. The van der Waals surface area contributed by atoms with Gasteiger partial charge in [0, 0.05) is 43.6 Å². The van der Waals surface area contributed by atoms with Gasteiger partial charge in [-0.2, -0.15) is 14.1 Å². The summed E-state index contributed by atoms with van der Waals surface area (Å²) in [4.78, 5) is 7.70. The van der Waals surface area contributed by atoms with Crippen LogP contribution in [0.2, 0.25) is 25.7 Å². The van der Waals surface area contributed by atoms with Gasteiger partial charge in [-0.1, -0.05) is 31.8 Å². The van der Waals surface area contributed by atoms with E-state index in [9.17, 15) is 13.2 Å². The van der Waals surface area contributed by atoms with Crippen LogP contribution in [-0.2, 0) is 35.4 Å². The van der Waals surface area contributed by atoms with Crippen molar-refractivity contribution in [2.45, 2.75) is 56.8 Å². The van der Waals surface area contributed by atoms with Crippen molar-refractivity contribution in [3.8, 4) is 22.9 Å². The van der Waals surface area contributed by atoms with Gasteiger partial charge in [0.15, 0.2) is 0 Å². The summed E-state index contributed by atoms with van der Waals surface area (Å²) < 4.78 is 50.1. The molecule has 176 valence electrons. The van der Waals surface area contributed by atoms with Gasteiger partial charge in [0.2, 0.25) is 11.1 Å². The zero-order valence-electron chi connectivity index (χ0n) is 19.8. The Balaban J connectivity index is 0.00000324. The molecular weight excluding hydrogens is 486 g/mol. The molecule has 12 heteroatoms. The molecule has 1 aromatic carbocycles. The Labute approximate surface area is 223 Å². The maximum Gasteiger partial charge on any atom is 1.00 e. The largest absolute Gasteiger partial charge is 1.00 e. The van der Waals surface area contributed by atoms with Gasteiger partial charge in [-0.05, 0) is 48.1 Å². The van der Waals surface area contributed by atoms with E-state index in [2.05, 4.69) is 34.7 Å².